The molecule has 1 aliphatic heterocycles. The number of hydrogen-bond donors (Lipinski definition) is 0. The number of carbonyl (C=O) groups is 2. The van der Waals surface area contributed by atoms with Crippen molar-refractivity contribution in [2.45, 2.75) is 0 Å². The van der Waals surface area contributed by atoms with Crippen molar-refractivity contribution in [3.05, 3.63) is 28.8 Å². The smallest absolute Gasteiger partial charge is 0.241 e. The van der Waals surface area contributed by atoms with E-state index in [1.165, 1.54) is 0 Å². The number of hydrogen-bond acceptors (Lipinski definition) is 3. The lowest BCUT2D eigenvalue weighted by Crippen LogP contribution is -2.48. The second-order valence-electron chi connectivity index (χ2n) is 4.03. The molecule has 1 aromatic carbocycles. The van der Waals surface area contributed by atoms with Crippen LogP contribution in [0.5, 0.6) is 0 Å². The molecule has 1 aromatic rings. The molecule has 0 saturated carbocycles. The van der Waals surface area contributed by atoms with Crippen LogP contribution >= 0.6 is 11.6 Å². The first-order valence-corrected chi connectivity index (χ1v) is 5.74. The van der Waals surface area contributed by atoms with Gasteiger partial charge in [-0.05, 0) is 12.1 Å². The third kappa shape index (κ3) is 2.26. The molecule has 5 heteroatoms. The number of rotatable bonds is 2. The zero-order chi connectivity index (χ0) is 12.4. The molecule has 17 heavy (non-hydrogen) atoms. The summed E-state index contributed by atoms with van der Waals surface area (Å²) in [4.78, 5) is 26.2. The fraction of sp³-hybridized carbons (Fsp3) is 0.333. The Balaban J connectivity index is 2.32. The van der Waals surface area contributed by atoms with E-state index in [1.54, 1.807) is 24.1 Å². The Hall–Kier alpha value is -1.55. The van der Waals surface area contributed by atoms with Crippen LogP contribution < -0.4 is 4.90 Å². The molecule has 0 aliphatic carbocycles. The number of anilines is 1. The van der Waals surface area contributed by atoms with E-state index in [0.717, 1.165) is 12.0 Å². The van der Waals surface area contributed by atoms with Crippen LogP contribution in [0.2, 0.25) is 5.02 Å². The molecule has 1 saturated heterocycles. The average Bonchev–Trinajstić information content (AvgIpc) is 2.32. The summed E-state index contributed by atoms with van der Waals surface area (Å²) in [6.07, 6.45) is 0.737. The third-order valence-corrected chi connectivity index (χ3v) is 3.28. The molecule has 0 spiro atoms. The number of carbonyl (C=O) groups excluding carboxylic acids is 2. The summed E-state index contributed by atoms with van der Waals surface area (Å²) < 4.78 is 0. The molecule has 4 nitrogen and oxygen atoms in total. The topological polar surface area (TPSA) is 40.6 Å². The summed E-state index contributed by atoms with van der Waals surface area (Å²) in [5.74, 6) is 0.0491. The molecule has 1 amide bonds. The number of piperazine rings is 1. The molecule has 2 rings (SSSR count). The first-order valence-electron chi connectivity index (χ1n) is 5.36. The minimum Gasteiger partial charge on any atom is -0.360 e. The van der Waals surface area contributed by atoms with Gasteiger partial charge in [0.1, 0.15) is 0 Å². The van der Waals surface area contributed by atoms with Crippen molar-refractivity contribution in [3.8, 4) is 0 Å². The van der Waals surface area contributed by atoms with Crippen molar-refractivity contribution in [2.24, 2.45) is 0 Å². The molecule has 0 bridgehead atoms. The van der Waals surface area contributed by atoms with Crippen molar-refractivity contribution in [1.82, 2.24) is 4.90 Å². The van der Waals surface area contributed by atoms with Gasteiger partial charge in [0.2, 0.25) is 5.91 Å². The second kappa shape index (κ2) is 4.75. The normalized spacial score (nSPS) is 16.2. The largest absolute Gasteiger partial charge is 0.360 e. The van der Waals surface area contributed by atoms with Gasteiger partial charge in [0, 0.05) is 25.8 Å². The lowest BCUT2D eigenvalue weighted by molar-refractivity contribution is -0.129. The monoisotopic (exact) mass is 252 g/mol. The van der Waals surface area contributed by atoms with Gasteiger partial charge in [0.05, 0.1) is 17.1 Å². The van der Waals surface area contributed by atoms with Crippen molar-refractivity contribution >= 4 is 29.5 Å². The highest BCUT2D eigenvalue weighted by Crippen LogP contribution is 2.26. The molecular formula is C12H13ClN2O2. The van der Waals surface area contributed by atoms with E-state index in [0.29, 0.717) is 23.7 Å². The summed E-state index contributed by atoms with van der Waals surface area (Å²) in [5, 5.41) is 0.420. The Bertz CT molecular complexity index is 462. The predicted octanol–water partition coefficient (Wildman–Crippen LogP) is 1.43. The van der Waals surface area contributed by atoms with Gasteiger partial charge in [0.15, 0.2) is 6.29 Å². The lowest BCUT2D eigenvalue weighted by atomic mass is 10.1. The van der Waals surface area contributed by atoms with Crippen LogP contribution in [0, 0.1) is 0 Å². The number of nitrogens with zero attached hydrogens (tertiary/aromatic N) is 2. The predicted molar refractivity (Wildman–Crippen MR) is 66.7 cm³/mol. The Morgan fingerprint density at radius 3 is 2.76 bits per heavy atom. The average molecular weight is 253 g/mol. The van der Waals surface area contributed by atoms with Gasteiger partial charge in [-0.25, -0.2) is 0 Å². The number of likely N-dealkylation sites (N-methyl/N-ethyl adjacent to an activating group) is 1. The fourth-order valence-electron chi connectivity index (χ4n) is 1.88. The Kier molecular flexibility index (Phi) is 3.33. The summed E-state index contributed by atoms with van der Waals surface area (Å²) in [5.41, 5.74) is 1.18. The highest BCUT2D eigenvalue weighted by Gasteiger charge is 2.23. The maximum atomic E-state index is 11.6. The van der Waals surface area contributed by atoms with Crippen LogP contribution in [-0.4, -0.2) is 43.8 Å². The van der Waals surface area contributed by atoms with Crippen molar-refractivity contribution in [1.29, 1.82) is 0 Å². The van der Waals surface area contributed by atoms with Crippen molar-refractivity contribution in [3.63, 3.8) is 0 Å². The molecule has 1 aliphatic rings. The summed E-state index contributed by atoms with van der Waals surface area (Å²) in [7, 11) is 1.78. The number of amides is 1. The van der Waals surface area contributed by atoms with E-state index >= 15 is 0 Å². The van der Waals surface area contributed by atoms with Crippen LogP contribution in [0.4, 0.5) is 5.69 Å². The fourth-order valence-corrected chi connectivity index (χ4v) is 2.10. The SMILES string of the molecule is CN1CCN(c2cccc(Cl)c2C=O)CC1=O. The molecule has 0 aromatic heterocycles. The summed E-state index contributed by atoms with van der Waals surface area (Å²) >= 11 is 5.96. The minimum atomic E-state index is 0.0491. The first kappa shape index (κ1) is 11.9. The summed E-state index contributed by atoms with van der Waals surface area (Å²) in [6.45, 7) is 1.66. The molecule has 90 valence electrons. The van der Waals surface area contributed by atoms with Crippen molar-refractivity contribution in [2.75, 3.05) is 31.6 Å². The highest BCUT2D eigenvalue weighted by molar-refractivity contribution is 6.33. The van der Waals surface area contributed by atoms with Crippen LogP contribution in [0.15, 0.2) is 18.2 Å². The minimum absolute atomic E-state index is 0.0491. The summed E-state index contributed by atoms with van der Waals surface area (Å²) in [6, 6.07) is 5.27. The molecule has 1 heterocycles. The van der Waals surface area contributed by atoms with Crippen molar-refractivity contribution < 1.29 is 9.59 Å². The van der Waals surface area contributed by atoms with Gasteiger partial charge < -0.3 is 9.80 Å². The van der Waals surface area contributed by atoms with Gasteiger partial charge >= 0.3 is 0 Å². The van der Waals surface area contributed by atoms with E-state index < -0.39 is 0 Å². The van der Waals surface area contributed by atoms with Crippen LogP contribution in [-0.2, 0) is 4.79 Å². The maximum Gasteiger partial charge on any atom is 0.241 e. The molecule has 0 radical (unpaired) electrons. The second-order valence-corrected chi connectivity index (χ2v) is 4.43. The quantitative estimate of drug-likeness (QED) is 0.748. The zero-order valence-corrected chi connectivity index (χ0v) is 10.3. The Labute approximate surface area is 105 Å². The zero-order valence-electron chi connectivity index (χ0n) is 9.52. The number of aldehydes is 1. The maximum absolute atomic E-state index is 11.6. The van der Waals surface area contributed by atoms with Crippen LogP contribution in [0.3, 0.4) is 0 Å². The Morgan fingerprint density at radius 1 is 1.35 bits per heavy atom. The molecule has 0 atom stereocenters. The van der Waals surface area contributed by atoms with Crippen LogP contribution in [0.25, 0.3) is 0 Å². The highest BCUT2D eigenvalue weighted by atomic mass is 35.5. The van der Waals surface area contributed by atoms with Gasteiger partial charge in [-0.2, -0.15) is 0 Å². The standard InChI is InChI=1S/C12H13ClN2O2/c1-14-5-6-15(7-12(14)17)11-4-2-3-10(13)9(11)8-16/h2-4,8H,5-7H2,1H3. The van der Waals surface area contributed by atoms with Gasteiger partial charge in [0.25, 0.3) is 0 Å². The van der Waals surface area contributed by atoms with Gasteiger partial charge in [-0.15, -0.1) is 0 Å². The lowest BCUT2D eigenvalue weighted by Gasteiger charge is -2.34. The van der Waals surface area contributed by atoms with E-state index in [-0.39, 0.29) is 12.5 Å². The number of halogens is 1. The third-order valence-electron chi connectivity index (χ3n) is 2.95. The molecule has 1 fully saturated rings. The van der Waals surface area contributed by atoms with E-state index in [2.05, 4.69) is 0 Å². The van der Waals surface area contributed by atoms with Crippen LogP contribution in [0.1, 0.15) is 10.4 Å². The van der Waals surface area contributed by atoms with E-state index in [4.69, 9.17) is 11.6 Å². The molecule has 0 unspecified atom stereocenters. The number of benzene rings is 1. The first-order chi connectivity index (χ1) is 8.13. The van der Waals surface area contributed by atoms with Gasteiger partial charge in [-0.1, -0.05) is 17.7 Å². The Morgan fingerprint density at radius 2 is 2.12 bits per heavy atom. The molecular weight excluding hydrogens is 240 g/mol. The molecule has 0 N–H and O–H groups in total. The van der Waals surface area contributed by atoms with E-state index in [1.807, 2.05) is 11.0 Å². The van der Waals surface area contributed by atoms with Gasteiger partial charge in [-0.3, -0.25) is 9.59 Å². The van der Waals surface area contributed by atoms with E-state index in [9.17, 15) is 9.59 Å².